The van der Waals surface area contributed by atoms with E-state index in [-0.39, 0.29) is 0 Å². The van der Waals surface area contributed by atoms with Gasteiger partial charge in [-0.2, -0.15) is 0 Å². The number of rotatable bonds is 4. The quantitative estimate of drug-likeness (QED) is 0.653. The summed E-state index contributed by atoms with van der Waals surface area (Å²) in [5.41, 5.74) is 2.86. The molecule has 0 amide bonds. The van der Waals surface area contributed by atoms with E-state index in [2.05, 4.69) is 11.6 Å². The Labute approximate surface area is 124 Å². The molecule has 0 aliphatic rings. The summed E-state index contributed by atoms with van der Waals surface area (Å²) in [4.78, 5) is 4.52. The van der Waals surface area contributed by atoms with Crippen molar-refractivity contribution in [3.63, 3.8) is 0 Å². The van der Waals surface area contributed by atoms with Gasteiger partial charge in [-0.3, -0.25) is 0 Å². The molecule has 2 heteroatoms. The fourth-order valence-electron chi connectivity index (χ4n) is 2.04. The van der Waals surface area contributed by atoms with Crippen LogP contribution < -0.4 is 4.74 Å². The van der Waals surface area contributed by atoms with Gasteiger partial charge in [-0.15, -0.1) is 0 Å². The van der Waals surface area contributed by atoms with Gasteiger partial charge in [-0.25, -0.2) is 4.98 Å². The van der Waals surface area contributed by atoms with Gasteiger partial charge >= 0.3 is 0 Å². The van der Waals surface area contributed by atoms with Crippen molar-refractivity contribution in [1.82, 2.24) is 4.98 Å². The number of hydrogen-bond acceptors (Lipinski definition) is 2. The molecule has 3 rings (SSSR count). The van der Waals surface area contributed by atoms with Crippen LogP contribution in [0.25, 0.3) is 17.3 Å². The fraction of sp³-hybridized carbons (Fsp3) is 0. The molecular formula is C19H15NO. The number of ether oxygens (including phenoxy) is 1. The summed E-state index contributed by atoms with van der Waals surface area (Å²) in [7, 11) is 0. The highest BCUT2D eigenvalue weighted by molar-refractivity contribution is 5.61. The number of benzene rings is 2. The first-order valence-electron chi connectivity index (χ1n) is 6.78. The maximum atomic E-state index is 5.78. The van der Waals surface area contributed by atoms with Crippen molar-refractivity contribution in [2.24, 2.45) is 0 Å². The van der Waals surface area contributed by atoms with Gasteiger partial charge in [0.25, 0.3) is 0 Å². The molecule has 102 valence electrons. The molecule has 0 unspecified atom stereocenters. The Hall–Kier alpha value is -2.87. The van der Waals surface area contributed by atoms with Gasteiger partial charge in [0.15, 0.2) is 0 Å². The number of nitrogens with zero attached hydrogens (tertiary/aromatic N) is 1. The van der Waals surface area contributed by atoms with E-state index in [0.29, 0.717) is 0 Å². The monoisotopic (exact) mass is 273 g/mol. The number of pyridine rings is 1. The van der Waals surface area contributed by atoms with Crippen molar-refractivity contribution < 1.29 is 4.74 Å². The van der Waals surface area contributed by atoms with Gasteiger partial charge in [0.1, 0.15) is 11.5 Å². The lowest BCUT2D eigenvalue weighted by atomic mass is 10.1. The second-order valence-corrected chi connectivity index (χ2v) is 4.59. The predicted molar refractivity (Wildman–Crippen MR) is 86.3 cm³/mol. The second kappa shape index (κ2) is 6.06. The molecule has 0 saturated heterocycles. The minimum Gasteiger partial charge on any atom is -0.457 e. The zero-order valence-electron chi connectivity index (χ0n) is 11.6. The number of para-hydroxylation sites is 1. The minimum atomic E-state index is 0.810. The molecule has 1 heterocycles. The van der Waals surface area contributed by atoms with Crippen LogP contribution in [0.4, 0.5) is 0 Å². The van der Waals surface area contributed by atoms with E-state index in [4.69, 9.17) is 4.74 Å². The van der Waals surface area contributed by atoms with Crippen molar-refractivity contribution in [3.05, 3.63) is 85.1 Å². The van der Waals surface area contributed by atoms with Crippen LogP contribution in [0.1, 0.15) is 5.69 Å². The molecule has 3 aromatic rings. The molecular weight excluding hydrogens is 258 g/mol. The Balaban J connectivity index is 1.82. The van der Waals surface area contributed by atoms with Crippen LogP contribution in [0.15, 0.2) is 79.4 Å². The molecule has 1 aromatic heterocycles. The summed E-state index contributed by atoms with van der Waals surface area (Å²) in [5, 5.41) is 0. The molecule has 0 saturated carbocycles. The average molecular weight is 273 g/mol. The highest BCUT2D eigenvalue weighted by atomic mass is 16.5. The molecule has 0 aliphatic carbocycles. The van der Waals surface area contributed by atoms with Crippen LogP contribution in [-0.2, 0) is 0 Å². The fourth-order valence-corrected chi connectivity index (χ4v) is 2.04. The highest BCUT2D eigenvalue weighted by Gasteiger charge is 2.01. The lowest BCUT2D eigenvalue weighted by molar-refractivity contribution is 0.483. The Morgan fingerprint density at radius 1 is 0.762 bits per heavy atom. The molecule has 21 heavy (non-hydrogen) atoms. The van der Waals surface area contributed by atoms with Crippen LogP contribution in [0.5, 0.6) is 11.5 Å². The van der Waals surface area contributed by atoms with Crippen LogP contribution in [0.2, 0.25) is 0 Å². The molecule has 0 atom stereocenters. The largest absolute Gasteiger partial charge is 0.457 e. The van der Waals surface area contributed by atoms with E-state index < -0.39 is 0 Å². The van der Waals surface area contributed by atoms with E-state index in [1.807, 2.05) is 72.8 Å². The molecule has 2 nitrogen and oxygen atoms in total. The van der Waals surface area contributed by atoms with Crippen LogP contribution >= 0.6 is 0 Å². The summed E-state index contributed by atoms with van der Waals surface area (Å²) in [6.07, 6.45) is 1.75. The van der Waals surface area contributed by atoms with Gasteiger partial charge in [0.05, 0.1) is 11.4 Å². The Bertz CT molecular complexity index is 733. The van der Waals surface area contributed by atoms with Gasteiger partial charge in [0.2, 0.25) is 0 Å². The van der Waals surface area contributed by atoms with E-state index in [1.54, 1.807) is 6.08 Å². The topological polar surface area (TPSA) is 22.1 Å². The standard InChI is InChI=1S/C19H15NO/c1-2-16-7-6-10-19(20-16)15-11-13-18(14-12-15)21-17-8-4-3-5-9-17/h2-14H,1H2. The first-order valence-corrected chi connectivity index (χ1v) is 6.78. The Kier molecular flexibility index (Phi) is 3.79. The van der Waals surface area contributed by atoms with E-state index in [1.165, 1.54) is 0 Å². The van der Waals surface area contributed by atoms with Crippen molar-refractivity contribution >= 4 is 6.08 Å². The zero-order valence-corrected chi connectivity index (χ0v) is 11.6. The molecule has 0 spiro atoms. The van der Waals surface area contributed by atoms with Gasteiger partial charge in [-0.05, 0) is 54.6 Å². The summed E-state index contributed by atoms with van der Waals surface area (Å²) < 4.78 is 5.78. The first-order chi connectivity index (χ1) is 10.3. The average Bonchev–Trinajstić information content (AvgIpc) is 2.56. The lowest BCUT2D eigenvalue weighted by Gasteiger charge is -2.07. The summed E-state index contributed by atoms with van der Waals surface area (Å²) in [5.74, 6) is 1.64. The summed E-state index contributed by atoms with van der Waals surface area (Å²) in [6, 6.07) is 23.6. The maximum absolute atomic E-state index is 5.78. The maximum Gasteiger partial charge on any atom is 0.127 e. The van der Waals surface area contributed by atoms with Crippen molar-refractivity contribution in [3.8, 4) is 22.8 Å². The Morgan fingerprint density at radius 2 is 1.48 bits per heavy atom. The van der Waals surface area contributed by atoms with Gasteiger partial charge < -0.3 is 4.74 Å². The third kappa shape index (κ3) is 3.18. The predicted octanol–water partition coefficient (Wildman–Crippen LogP) is 5.18. The van der Waals surface area contributed by atoms with Crippen LogP contribution in [0.3, 0.4) is 0 Å². The first kappa shape index (κ1) is 13.1. The molecule has 2 aromatic carbocycles. The third-order valence-electron chi connectivity index (χ3n) is 3.11. The number of hydrogen-bond donors (Lipinski definition) is 0. The Morgan fingerprint density at radius 3 is 2.19 bits per heavy atom. The van der Waals surface area contributed by atoms with Crippen molar-refractivity contribution in [1.29, 1.82) is 0 Å². The summed E-state index contributed by atoms with van der Waals surface area (Å²) in [6.45, 7) is 3.74. The third-order valence-corrected chi connectivity index (χ3v) is 3.11. The zero-order chi connectivity index (χ0) is 14.5. The normalized spacial score (nSPS) is 10.1. The smallest absolute Gasteiger partial charge is 0.127 e. The van der Waals surface area contributed by atoms with Crippen molar-refractivity contribution in [2.45, 2.75) is 0 Å². The highest BCUT2D eigenvalue weighted by Crippen LogP contribution is 2.24. The molecule has 0 fully saturated rings. The lowest BCUT2D eigenvalue weighted by Crippen LogP contribution is -1.87. The van der Waals surface area contributed by atoms with E-state index >= 15 is 0 Å². The SMILES string of the molecule is C=Cc1cccc(-c2ccc(Oc3ccccc3)cc2)n1. The van der Waals surface area contributed by atoms with Gasteiger partial charge in [-0.1, -0.05) is 30.8 Å². The van der Waals surface area contributed by atoms with Gasteiger partial charge in [0, 0.05) is 5.56 Å². The molecule has 0 aliphatic heterocycles. The molecule has 0 bridgehead atoms. The molecule has 0 radical (unpaired) electrons. The van der Waals surface area contributed by atoms with E-state index in [9.17, 15) is 0 Å². The van der Waals surface area contributed by atoms with Crippen molar-refractivity contribution in [2.75, 3.05) is 0 Å². The summed E-state index contributed by atoms with van der Waals surface area (Å²) >= 11 is 0. The van der Waals surface area contributed by atoms with E-state index in [0.717, 1.165) is 28.5 Å². The number of aromatic nitrogens is 1. The molecule has 0 N–H and O–H groups in total. The second-order valence-electron chi connectivity index (χ2n) is 4.59. The minimum absolute atomic E-state index is 0.810. The van der Waals surface area contributed by atoms with Crippen LogP contribution in [-0.4, -0.2) is 4.98 Å². The van der Waals surface area contributed by atoms with Crippen LogP contribution in [0, 0.1) is 0 Å².